The van der Waals surface area contributed by atoms with E-state index in [4.69, 9.17) is 5.11 Å². The molecule has 1 aromatic rings. The summed E-state index contributed by atoms with van der Waals surface area (Å²) in [4.78, 5) is 25.9. The Kier molecular flexibility index (Phi) is 5.20. The number of amides is 2. The lowest BCUT2D eigenvalue weighted by molar-refractivity contribution is 0.0788. The first kappa shape index (κ1) is 15.4. The Balaban J connectivity index is 1.95. The molecule has 2 rings (SSSR count). The molecule has 7 heteroatoms. The van der Waals surface area contributed by atoms with Gasteiger partial charge in [-0.1, -0.05) is 11.8 Å². The fourth-order valence-corrected chi connectivity index (χ4v) is 2.86. The number of carbonyl (C=O) groups is 2. The third kappa shape index (κ3) is 3.97. The molecule has 1 fully saturated rings. The van der Waals surface area contributed by atoms with Gasteiger partial charge in [-0.05, 0) is 12.5 Å². The van der Waals surface area contributed by atoms with Crippen molar-refractivity contribution < 1.29 is 19.4 Å². The summed E-state index contributed by atoms with van der Waals surface area (Å²) >= 11 is 1.37. The molecule has 1 aliphatic rings. The quantitative estimate of drug-likeness (QED) is 0.787. The highest BCUT2D eigenvalue weighted by atomic mass is 32.1. The first-order valence-corrected chi connectivity index (χ1v) is 7.34. The highest BCUT2D eigenvalue weighted by Crippen LogP contribution is 2.18. The minimum Gasteiger partial charge on any atom is -0.453 e. The summed E-state index contributed by atoms with van der Waals surface area (Å²) in [5.41, 5.74) is 0.584. The maximum atomic E-state index is 12.3. The van der Waals surface area contributed by atoms with Crippen molar-refractivity contribution in [3.8, 4) is 11.8 Å². The Hall–Kier alpha value is -2.04. The number of ether oxygens (including phenoxy) is 1. The first-order valence-electron chi connectivity index (χ1n) is 6.46. The van der Waals surface area contributed by atoms with E-state index in [1.54, 1.807) is 16.3 Å². The molecule has 2 amide bonds. The number of alkyl carbamates (subject to hydrolysis) is 1. The van der Waals surface area contributed by atoms with Gasteiger partial charge in [0.05, 0.1) is 23.6 Å². The summed E-state index contributed by atoms with van der Waals surface area (Å²) in [6.45, 7) is 0.872. The van der Waals surface area contributed by atoms with Gasteiger partial charge >= 0.3 is 6.09 Å². The molecule has 1 aliphatic heterocycles. The molecule has 2 N–H and O–H groups in total. The van der Waals surface area contributed by atoms with Gasteiger partial charge in [-0.15, -0.1) is 11.3 Å². The van der Waals surface area contributed by atoms with E-state index in [0.717, 1.165) is 4.88 Å². The summed E-state index contributed by atoms with van der Waals surface area (Å²) in [5, 5.41) is 13.1. The lowest BCUT2D eigenvalue weighted by Crippen LogP contribution is -2.38. The number of methoxy groups -OCH3 is 1. The number of aliphatic hydroxyl groups is 1. The standard InChI is InChI=1S/C14H16N2O4S/c1-20-14(19)15-11-4-5-16(8-11)13(18)10-7-12(21-9-10)3-2-6-17/h7,9,11,17H,4-6,8H2,1H3,(H,15,19). The average Bonchev–Trinajstić information content (AvgIpc) is 3.13. The minimum atomic E-state index is -0.480. The average molecular weight is 308 g/mol. The van der Waals surface area contributed by atoms with E-state index < -0.39 is 6.09 Å². The molecule has 1 saturated heterocycles. The molecule has 112 valence electrons. The van der Waals surface area contributed by atoms with Gasteiger partial charge in [-0.3, -0.25) is 4.79 Å². The Morgan fingerprint density at radius 3 is 3.14 bits per heavy atom. The fraction of sp³-hybridized carbons (Fsp3) is 0.429. The lowest BCUT2D eigenvalue weighted by Gasteiger charge is -2.16. The van der Waals surface area contributed by atoms with Gasteiger partial charge in [-0.2, -0.15) is 0 Å². The summed E-state index contributed by atoms with van der Waals surface area (Å²) in [7, 11) is 1.31. The zero-order valence-electron chi connectivity index (χ0n) is 11.6. The maximum Gasteiger partial charge on any atom is 0.407 e. The number of carbonyl (C=O) groups excluding carboxylic acids is 2. The van der Waals surface area contributed by atoms with Crippen LogP contribution >= 0.6 is 11.3 Å². The number of thiophene rings is 1. The SMILES string of the molecule is COC(=O)NC1CCN(C(=O)c2csc(C#CCO)c2)C1. The van der Waals surface area contributed by atoms with E-state index in [9.17, 15) is 9.59 Å². The molecule has 6 nitrogen and oxygen atoms in total. The van der Waals surface area contributed by atoms with E-state index >= 15 is 0 Å². The summed E-state index contributed by atoms with van der Waals surface area (Å²) in [6.07, 6.45) is 0.230. The smallest absolute Gasteiger partial charge is 0.407 e. The van der Waals surface area contributed by atoms with Crippen molar-refractivity contribution in [2.45, 2.75) is 12.5 Å². The van der Waals surface area contributed by atoms with Gasteiger partial charge < -0.3 is 20.1 Å². The third-order valence-electron chi connectivity index (χ3n) is 3.12. The van der Waals surface area contributed by atoms with Crippen LogP contribution < -0.4 is 5.32 Å². The van der Waals surface area contributed by atoms with E-state index in [2.05, 4.69) is 21.9 Å². The van der Waals surface area contributed by atoms with Crippen LogP contribution in [-0.4, -0.2) is 54.9 Å². The molecular weight excluding hydrogens is 292 g/mol. The van der Waals surface area contributed by atoms with E-state index in [1.165, 1.54) is 18.4 Å². The third-order valence-corrected chi connectivity index (χ3v) is 3.97. The summed E-state index contributed by atoms with van der Waals surface area (Å²) < 4.78 is 4.55. The molecule has 0 saturated carbocycles. The van der Waals surface area contributed by atoms with Crippen molar-refractivity contribution in [2.24, 2.45) is 0 Å². The van der Waals surface area contributed by atoms with Crippen molar-refractivity contribution >= 4 is 23.3 Å². The molecule has 0 radical (unpaired) electrons. The number of hydrogen-bond donors (Lipinski definition) is 2. The van der Waals surface area contributed by atoms with Gasteiger partial charge in [0.2, 0.25) is 0 Å². The van der Waals surface area contributed by atoms with Crippen LogP contribution in [0.2, 0.25) is 0 Å². The zero-order valence-corrected chi connectivity index (χ0v) is 12.4. The Labute approximate surface area is 126 Å². The van der Waals surface area contributed by atoms with Gasteiger partial charge in [0.15, 0.2) is 0 Å². The van der Waals surface area contributed by atoms with Crippen LogP contribution in [0.5, 0.6) is 0 Å². The fourth-order valence-electron chi connectivity index (χ4n) is 2.11. The number of rotatable bonds is 2. The molecule has 1 aromatic heterocycles. The largest absolute Gasteiger partial charge is 0.453 e. The van der Waals surface area contributed by atoms with Crippen molar-refractivity contribution in [1.82, 2.24) is 10.2 Å². The number of hydrogen-bond acceptors (Lipinski definition) is 5. The van der Waals surface area contributed by atoms with Crippen LogP contribution in [0.3, 0.4) is 0 Å². The van der Waals surface area contributed by atoms with Gasteiger partial charge in [-0.25, -0.2) is 4.79 Å². The van der Waals surface area contributed by atoms with Crippen molar-refractivity contribution in [2.75, 3.05) is 26.8 Å². The van der Waals surface area contributed by atoms with Crippen LogP contribution in [-0.2, 0) is 4.74 Å². The number of nitrogens with zero attached hydrogens (tertiary/aromatic N) is 1. The normalized spacial score (nSPS) is 17.0. The van der Waals surface area contributed by atoms with Gasteiger partial charge in [0.1, 0.15) is 6.61 Å². The van der Waals surface area contributed by atoms with E-state index in [-0.39, 0.29) is 18.6 Å². The van der Waals surface area contributed by atoms with Crippen molar-refractivity contribution in [3.63, 3.8) is 0 Å². The molecular formula is C14H16N2O4S. The van der Waals surface area contributed by atoms with Gasteiger partial charge in [0.25, 0.3) is 5.91 Å². The molecule has 2 heterocycles. The van der Waals surface area contributed by atoms with Crippen LogP contribution in [0.1, 0.15) is 21.7 Å². The predicted octanol–water partition coefficient (Wildman–Crippen LogP) is 0.662. The highest BCUT2D eigenvalue weighted by molar-refractivity contribution is 7.10. The van der Waals surface area contributed by atoms with Crippen LogP contribution in [0.4, 0.5) is 4.79 Å². The first-order chi connectivity index (χ1) is 10.1. The van der Waals surface area contributed by atoms with E-state index in [1.807, 2.05) is 0 Å². The molecule has 0 aromatic carbocycles. The lowest BCUT2D eigenvalue weighted by atomic mass is 10.2. The monoisotopic (exact) mass is 308 g/mol. The molecule has 0 aliphatic carbocycles. The van der Waals surface area contributed by atoms with Crippen LogP contribution in [0, 0.1) is 11.8 Å². The molecule has 0 spiro atoms. The molecule has 1 unspecified atom stereocenters. The van der Waals surface area contributed by atoms with Gasteiger partial charge in [0, 0.05) is 18.5 Å². The minimum absolute atomic E-state index is 0.0718. The number of likely N-dealkylation sites (tertiary alicyclic amines) is 1. The second-order valence-corrected chi connectivity index (χ2v) is 5.44. The van der Waals surface area contributed by atoms with Crippen LogP contribution in [0.15, 0.2) is 11.4 Å². The highest BCUT2D eigenvalue weighted by Gasteiger charge is 2.28. The molecule has 1 atom stereocenters. The van der Waals surface area contributed by atoms with E-state index in [0.29, 0.717) is 25.1 Å². The topological polar surface area (TPSA) is 78.9 Å². The van der Waals surface area contributed by atoms with Crippen molar-refractivity contribution in [1.29, 1.82) is 0 Å². The van der Waals surface area contributed by atoms with Crippen LogP contribution in [0.25, 0.3) is 0 Å². The second kappa shape index (κ2) is 7.11. The Morgan fingerprint density at radius 1 is 1.62 bits per heavy atom. The number of aliphatic hydroxyl groups excluding tert-OH is 1. The summed E-state index contributed by atoms with van der Waals surface area (Å²) in [5.74, 6) is 5.26. The second-order valence-electron chi connectivity index (χ2n) is 4.53. The number of nitrogens with one attached hydrogen (secondary N) is 1. The Bertz CT molecular complexity index is 587. The maximum absolute atomic E-state index is 12.3. The zero-order chi connectivity index (χ0) is 15.2. The molecule has 21 heavy (non-hydrogen) atoms. The summed E-state index contributed by atoms with van der Waals surface area (Å²) in [6, 6.07) is 1.64. The predicted molar refractivity (Wildman–Crippen MR) is 78.1 cm³/mol. The Morgan fingerprint density at radius 2 is 2.43 bits per heavy atom. The molecule has 0 bridgehead atoms. The van der Waals surface area contributed by atoms with Crippen molar-refractivity contribution in [3.05, 3.63) is 21.9 Å².